The summed E-state index contributed by atoms with van der Waals surface area (Å²) in [6.45, 7) is 4.32. The van der Waals surface area contributed by atoms with Gasteiger partial charge in [0, 0.05) is 5.69 Å². The Labute approximate surface area is 81.6 Å². The summed E-state index contributed by atoms with van der Waals surface area (Å²) in [5.41, 5.74) is 2.25. The van der Waals surface area contributed by atoms with Gasteiger partial charge in [-0.05, 0) is 23.4 Å². The van der Waals surface area contributed by atoms with E-state index in [-0.39, 0.29) is 0 Å². The molecule has 0 radical (unpaired) electrons. The molecule has 0 aliphatic carbocycles. The lowest BCUT2D eigenvalue weighted by molar-refractivity contribution is 0.811. The third-order valence-electron chi connectivity index (χ3n) is 1.99. The predicted octanol–water partition coefficient (Wildman–Crippen LogP) is 3.26. The summed E-state index contributed by atoms with van der Waals surface area (Å²) in [6.07, 6.45) is 0. The fraction of sp³-hybridized carbons (Fsp3) is 0.300. The molecule has 1 N–H and O–H groups in total. The van der Waals surface area contributed by atoms with Gasteiger partial charge in [-0.2, -0.15) is 5.10 Å². The molecular weight excluding hydrogens is 180 g/mol. The third kappa shape index (κ3) is 1.65. The Bertz CT molecular complexity index is 373. The molecule has 0 saturated carbocycles. The SMILES string of the molecule is CC(C)c1cc(-c2cccs2)n[nH]1. The van der Waals surface area contributed by atoms with Crippen LogP contribution < -0.4 is 0 Å². The van der Waals surface area contributed by atoms with Crippen LogP contribution in [0.2, 0.25) is 0 Å². The van der Waals surface area contributed by atoms with Gasteiger partial charge in [0.2, 0.25) is 0 Å². The second-order valence-corrected chi connectivity index (χ2v) is 4.29. The summed E-state index contributed by atoms with van der Waals surface area (Å²) in [5.74, 6) is 0.515. The molecule has 0 bridgehead atoms. The molecule has 0 aliphatic heterocycles. The monoisotopic (exact) mass is 192 g/mol. The zero-order valence-corrected chi connectivity index (χ0v) is 8.56. The van der Waals surface area contributed by atoms with Gasteiger partial charge in [0.05, 0.1) is 4.88 Å². The van der Waals surface area contributed by atoms with E-state index in [1.165, 1.54) is 10.6 Å². The van der Waals surface area contributed by atoms with Crippen LogP contribution in [-0.4, -0.2) is 10.2 Å². The molecule has 0 aliphatic rings. The van der Waals surface area contributed by atoms with Crippen molar-refractivity contribution in [1.29, 1.82) is 0 Å². The maximum absolute atomic E-state index is 4.27. The van der Waals surface area contributed by atoms with E-state index < -0.39 is 0 Å². The van der Waals surface area contributed by atoms with E-state index in [4.69, 9.17) is 0 Å². The molecule has 0 saturated heterocycles. The minimum atomic E-state index is 0.515. The molecule has 0 fully saturated rings. The van der Waals surface area contributed by atoms with Gasteiger partial charge in [0.25, 0.3) is 0 Å². The molecule has 0 amide bonds. The second kappa shape index (κ2) is 3.34. The van der Waals surface area contributed by atoms with E-state index in [1.54, 1.807) is 11.3 Å². The van der Waals surface area contributed by atoms with Gasteiger partial charge in [-0.15, -0.1) is 11.3 Å². The highest BCUT2D eigenvalue weighted by atomic mass is 32.1. The van der Waals surface area contributed by atoms with Gasteiger partial charge in [-0.25, -0.2) is 0 Å². The Morgan fingerprint density at radius 3 is 2.85 bits per heavy atom. The van der Waals surface area contributed by atoms with Crippen LogP contribution >= 0.6 is 11.3 Å². The van der Waals surface area contributed by atoms with Crippen molar-refractivity contribution in [2.75, 3.05) is 0 Å². The van der Waals surface area contributed by atoms with Crippen molar-refractivity contribution >= 4 is 11.3 Å². The predicted molar refractivity (Wildman–Crippen MR) is 56.0 cm³/mol. The molecule has 2 rings (SSSR count). The average Bonchev–Trinajstić information content (AvgIpc) is 2.75. The molecule has 2 aromatic heterocycles. The minimum Gasteiger partial charge on any atom is -0.282 e. The summed E-state index contributed by atoms with van der Waals surface area (Å²) < 4.78 is 0. The van der Waals surface area contributed by atoms with Gasteiger partial charge in [-0.1, -0.05) is 19.9 Å². The first-order valence-electron chi connectivity index (χ1n) is 4.36. The molecule has 0 atom stereocenters. The molecule has 0 aromatic carbocycles. The van der Waals surface area contributed by atoms with E-state index >= 15 is 0 Å². The smallest absolute Gasteiger partial charge is 0.102 e. The van der Waals surface area contributed by atoms with Crippen molar-refractivity contribution in [1.82, 2.24) is 10.2 Å². The molecule has 0 unspecified atom stereocenters. The Morgan fingerprint density at radius 2 is 2.31 bits per heavy atom. The van der Waals surface area contributed by atoms with Crippen LogP contribution in [0.1, 0.15) is 25.5 Å². The summed E-state index contributed by atoms with van der Waals surface area (Å²) in [4.78, 5) is 1.23. The molecule has 0 spiro atoms. The van der Waals surface area contributed by atoms with Crippen molar-refractivity contribution in [3.05, 3.63) is 29.3 Å². The molecule has 68 valence electrons. The van der Waals surface area contributed by atoms with Crippen molar-refractivity contribution in [3.63, 3.8) is 0 Å². The fourth-order valence-electron chi connectivity index (χ4n) is 1.18. The van der Waals surface area contributed by atoms with Crippen LogP contribution in [-0.2, 0) is 0 Å². The lowest BCUT2D eigenvalue weighted by Crippen LogP contribution is -1.85. The minimum absolute atomic E-state index is 0.515. The number of hydrogen-bond acceptors (Lipinski definition) is 2. The number of thiophene rings is 1. The van der Waals surface area contributed by atoms with E-state index in [9.17, 15) is 0 Å². The van der Waals surface area contributed by atoms with Gasteiger partial charge in [-0.3, -0.25) is 5.10 Å². The van der Waals surface area contributed by atoms with Crippen LogP contribution in [0.5, 0.6) is 0 Å². The number of nitrogens with one attached hydrogen (secondary N) is 1. The summed E-state index contributed by atoms with van der Waals surface area (Å²) in [6, 6.07) is 6.26. The maximum Gasteiger partial charge on any atom is 0.102 e. The standard InChI is InChI=1S/C10H12N2S/c1-7(2)8-6-9(12-11-8)10-4-3-5-13-10/h3-7H,1-2H3,(H,11,12). The highest BCUT2D eigenvalue weighted by Gasteiger charge is 2.06. The summed E-state index contributed by atoms with van der Waals surface area (Å²) >= 11 is 1.72. The molecule has 13 heavy (non-hydrogen) atoms. The number of aromatic nitrogens is 2. The Balaban J connectivity index is 2.33. The largest absolute Gasteiger partial charge is 0.282 e. The molecule has 2 nitrogen and oxygen atoms in total. The number of aromatic amines is 1. The number of hydrogen-bond donors (Lipinski definition) is 1. The highest BCUT2D eigenvalue weighted by molar-refractivity contribution is 7.13. The molecule has 2 heterocycles. The van der Waals surface area contributed by atoms with Crippen molar-refractivity contribution in [2.24, 2.45) is 0 Å². The Kier molecular flexibility index (Phi) is 2.19. The summed E-state index contributed by atoms with van der Waals surface area (Å²) in [5, 5.41) is 9.38. The molecule has 3 heteroatoms. The van der Waals surface area contributed by atoms with E-state index in [1.807, 2.05) is 6.07 Å². The zero-order valence-electron chi connectivity index (χ0n) is 7.74. The van der Waals surface area contributed by atoms with E-state index in [0.717, 1.165) is 5.69 Å². The second-order valence-electron chi connectivity index (χ2n) is 3.34. The normalized spacial score (nSPS) is 11.0. The number of nitrogens with zero attached hydrogens (tertiary/aromatic N) is 1. The molecule has 2 aromatic rings. The van der Waals surface area contributed by atoms with Gasteiger partial charge < -0.3 is 0 Å². The van der Waals surface area contributed by atoms with E-state index in [2.05, 4.69) is 41.6 Å². The van der Waals surface area contributed by atoms with Crippen LogP contribution in [0.15, 0.2) is 23.6 Å². The first kappa shape index (κ1) is 8.51. The lowest BCUT2D eigenvalue weighted by Gasteiger charge is -1.96. The first-order chi connectivity index (χ1) is 6.27. The van der Waals surface area contributed by atoms with E-state index in [0.29, 0.717) is 5.92 Å². The third-order valence-corrected chi connectivity index (χ3v) is 2.89. The fourth-order valence-corrected chi connectivity index (χ4v) is 1.87. The number of rotatable bonds is 2. The van der Waals surface area contributed by atoms with Crippen LogP contribution in [0.25, 0.3) is 10.6 Å². The zero-order chi connectivity index (χ0) is 9.26. The van der Waals surface area contributed by atoms with Crippen LogP contribution in [0, 0.1) is 0 Å². The Morgan fingerprint density at radius 1 is 1.46 bits per heavy atom. The van der Waals surface area contributed by atoms with Crippen molar-refractivity contribution in [2.45, 2.75) is 19.8 Å². The van der Waals surface area contributed by atoms with Gasteiger partial charge in [0.15, 0.2) is 0 Å². The number of H-pyrrole nitrogens is 1. The first-order valence-corrected chi connectivity index (χ1v) is 5.24. The maximum atomic E-state index is 4.27. The summed E-state index contributed by atoms with van der Waals surface area (Å²) in [7, 11) is 0. The van der Waals surface area contributed by atoms with Gasteiger partial charge >= 0.3 is 0 Å². The van der Waals surface area contributed by atoms with Crippen LogP contribution in [0.4, 0.5) is 0 Å². The average molecular weight is 192 g/mol. The molecular formula is C10H12N2S. The van der Waals surface area contributed by atoms with Crippen molar-refractivity contribution in [3.8, 4) is 10.6 Å². The van der Waals surface area contributed by atoms with Gasteiger partial charge in [0.1, 0.15) is 5.69 Å². The highest BCUT2D eigenvalue weighted by Crippen LogP contribution is 2.24. The lowest BCUT2D eigenvalue weighted by atomic mass is 10.1. The van der Waals surface area contributed by atoms with Crippen LogP contribution in [0.3, 0.4) is 0 Å². The van der Waals surface area contributed by atoms with Crippen molar-refractivity contribution < 1.29 is 0 Å². The quantitative estimate of drug-likeness (QED) is 0.777. The topological polar surface area (TPSA) is 28.7 Å². The Hall–Kier alpha value is -1.09.